The second-order valence-electron chi connectivity index (χ2n) is 5.05. The molecule has 1 unspecified atom stereocenters. The molecule has 2 N–H and O–H groups in total. The topological polar surface area (TPSA) is 47.9 Å². The number of rotatable bonds is 7. The average Bonchev–Trinajstić information content (AvgIpc) is 2.82. The first kappa shape index (κ1) is 20.1. The molecule has 1 atom stereocenters. The van der Waals surface area contributed by atoms with Gasteiger partial charge in [-0.05, 0) is 31.9 Å². The number of nitrogens with zero attached hydrogens (tertiary/aromatic N) is 2. The molecule has 1 aliphatic heterocycles. The number of nitrogens with one attached hydrogen (secondary N) is 1. The molecule has 0 radical (unpaired) electrons. The molecule has 0 amide bonds. The van der Waals surface area contributed by atoms with E-state index in [4.69, 9.17) is 0 Å². The summed E-state index contributed by atoms with van der Waals surface area (Å²) in [6.45, 7) is 8.09. The Morgan fingerprint density at radius 1 is 1.60 bits per heavy atom. The van der Waals surface area contributed by atoms with E-state index in [0.29, 0.717) is 6.54 Å². The van der Waals surface area contributed by atoms with Gasteiger partial charge in [-0.3, -0.25) is 4.99 Å². The number of unbranched alkanes of at least 4 members (excludes halogenated alkanes) is 1. The minimum atomic E-state index is -0.604. The minimum Gasteiger partial charge on any atom is -0.387 e. The zero-order valence-electron chi connectivity index (χ0n) is 12.6. The van der Waals surface area contributed by atoms with E-state index in [0.717, 1.165) is 49.8 Å². The quantitative estimate of drug-likeness (QED) is 0.221. The van der Waals surface area contributed by atoms with E-state index in [9.17, 15) is 5.11 Å². The summed E-state index contributed by atoms with van der Waals surface area (Å²) < 4.78 is 0. The van der Waals surface area contributed by atoms with Crippen LogP contribution >= 0.6 is 35.7 Å². The summed E-state index contributed by atoms with van der Waals surface area (Å²) in [5.74, 6) is 2.73. The summed E-state index contributed by atoms with van der Waals surface area (Å²) in [6.07, 6.45) is 4.88. The second kappa shape index (κ2) is 10.7. The molecule has 0 aliphatic carbocycles. The lowest BCUT2D eigenvalue weighted by atomic mass is 10.1. The number of hydrogen-bond acceptors (Lipinski definition) is 3. The zero-order chi connectivity index (χ0) is 14.1. The van der Waals surface area contributed by atoms with Crippen molar-refractivity contribution in [3.8, 4) is 0 Å². The van der Waals surface area contributed by atoms with Gasteiger partial charge in [0.2, 0.25) is 0 Å². The van der Waals surface area contributed by atoms with Crippen molar-refractivity contribution in [2.75, 3.05) is 38.2 Å². The summed E-state index contributed by atoms with van der Waals surface area (Å²) in [5, 5.41) is 13.6. The van der Waals surface area contributed by atoms with Crippen molar-refractivity contribution >= 4 is 41.7 Å². The first-order valence-electron chi connectivity index (χ1n) is 7.02. The Balaban J connectivity index is 0.00000361. The van der Waals surface area contributed by atoms with Crippen LogP contribution < -0.4 is 5.32 Å². The number of allylic oxidation sites excluding steroid dienone is 1. The van der Waals surface area contributed by atoms with Gasteiger partial charge in [0.15, 0.2) is 5.96 Å². The minimum absolute atomic E-state index is 0. The Bertz CT molecular complexity index is 307. The Labute approximate surface area is 144 Å². The van der Waals surface area contributed by atoms with Crippen molar-refractivity contribution < 1.29 is 5.11 Å². The molecule has 0 spiro atoms. The number of guanidine groups is 1. The van der Waals surface area contributed by atoms with E-state index in [-0.39, 0.29) is 24.0 Å². The third-order valence-corrected chi connectivity index (χ3v) is 4.44. The van der Waals surface area contributed by atoms with Crippen LogP contribution in [0.2, 0.25) is 0 Å². The molecule has 1 rings (SSSR count). The van der Waals surface area contributed by atoms with Gasteiger partial charge in [-0.1, -0.05) is 6.08 Å². The third kappa shape index (κ3) is 7.17. The Morgan fingerprint density at radius 2 is 2.35 bits per heavy atom. The highest BCUT2D eigenvalue weighted by atomic mass is 127. The summed E-state index contributed by atoms with van der Waals surface area (Å²) in [5.41, 5.74) is -0.604. The second-order valence-corrected chi connectivity index (χ2v) is 6.15. The monoisotopic (exact) mass is 413 g/mol. The molecule has 1 saturated heterocycles. The van der Waals surface area contributed by atoms with Gasteiger partial charge in [-0.25, -0.2) is 0 Å². The molecule has 0 bridgehead atoms. The largest absolute Gasteiger partial charge is 0.387 e. The Morgan fingerprint density at radius 3 is 2.90 bits per heavy atom. The number of thioether (sulfide) groups is 1. The van der Waals surface area contributed by atoms with E-state index in [1.807, 2.05) is 13.1 Å². The van der Waals surface area contributed by atoms with E-state index in [1.54, 1.807) is 11.8 Å². The van der Waals surface area contributed by atoms with Crippen LogP contribution in [0.15, 0.2) is 17.6 Å². The van der Waals surface area contributed by atoms with Crippen molar-refractivity contribution in [2.45, 2.75) is 31.8 Å². The van der Waals surface area contributed by atoms with Crippen LogP contribution in [0.3, 0.4) is 0 Å². The molecular weight excluding hydrogens is 385 g/mol. The molecule has 1 aliphatic rings. The summed E-state index contributed by atoms with van der Waals surface area (Å²) in [6, 6.07) is 0. The average molecular weight is 413 g/mol. The molecule has 118 valence electrons. The van der Waals surface area contributed by atoms with Crippen molar-refractivity contribution in [3.05, 3.63) is 12.7 Å². The Hall–Kier alpha value is 0.0500. The van der Waals surface area contributed by atoms with E-state index < -0.39 is 5.60 Å². The molecule has 0 aromatic carbocycles. The fourth-order valence-corrected chi connectivity index (χ4v) is 3.28. The van der Waals surface area contributed by atoms with Crippen LogP contribution in [0.5, 0.6) is 0 Å². The molecule has 0 aromatic heterocycles. The van der Waals surface area contributed by atoms with Crippen LogP contribution in [0.25, 0.3) is 0 Å². The van der Waals surface area contributed by atoms with Crippen LogP contribution in [0.1, 0.15) is 26.2 Å². The number of halogens is 1. The lowest BCUT2D eigenvalue weighted by Gasteiger charge is -2.24. The molecule has 20 heavy (non-hydrogen) atoms. The first-order valence-corrected chi connectivity index (χ1v) is 8.17. The summed E-state index contributed by atoms with van der Waals surface area (Å²) in [7, 11) is 2.04. The predicted molar refractivity (Wildman–Crippen MR) is 100 cm³/mol. The predicted octanol–water partition coefficient (Wildman–Crippen LogP) is 2.34. The molecular formula is C14H28IN3OS. The maximum atomic E-state index is 10.3. The van der Waals surface area contributed by atoms with Crippen molar-refractivity contribution in [1.29, 1.82) is 0 Å². The van der Waals surface area contributed by atoms with E-state index in [2.05, 4.69) is 28.7 Å². The van der Waals surface area contributed by atoms with Gasteiger partial charge in [-0.15, -0.1) is 30.6 Å². The lowest BCUT2D eigenvalue weighted by Crippen LogP contribution is -2.41. The maximum absolute atomic E-state index is 10.3. The third-order valence-electron chi connectivity index (χ3n) is 3.20. The van der Waals surface area contributed by atoms with Gasteiger partial charge >= 0.3 is 0 Å². The molecule has 0 saturated carbocycles. The van der Waals surface area contributed by atoms with Gasteiger partial charge < -0.3 is 15.3 Å². The maximum Gasteiger partial charge on any atom is 0.193 e. The number of hydrogen-bond donors (Lipinski definition) is 2. The van der Waals surface area contributed by atoms with E-state index in [1.165, 1.54) is 0 Å². The molecule has 6 heteroatoms. The molecule has 1 heterocycles. The van der Waals surface area contributed by atoms with Gasteiger partial charge in [0, 0.05) is 25.9 Å². The van der Waals surface area contributed by atoms with Crippen LogP contribution in [0, 0.1) is 0 Å². The smallest absolute Gasteiger partial charge is 0.193 e. The molecule has 0 aromatic rings. The Kier molecular flexibility index (Phi) is 10.8. The summed E-state index contributed by atoms with van der Waals surface area (Å²) >= 11 is 1.81. The highest BCUT2D eigenvalue weighted by Gasteiger charge is 2.31. The highest BCUT2D eigenvalue weighted by Crippen LogP contribution is 2.27. The molecule has 1 fully saturated rings. The van der Waals surface area contributed by atoms with Crippen molar-refractivity contribution in [3.63, 3.8) is 0 Å². The van der Waals surface area contributed by atoms with Crippen LogP contribution in [0.4, 0.5) is 0 Å². The van der Waals surface area contributed by atoms with Crippen molar-refractivity contribution in [2.24, 2.45) is 4.99 Å². The normalized spacial score (nSPS) is 22.2. The SMILES string of the molecule is C=CCCCN(C)C(=NCC1(O)CCSC1)NCC.I. The van der Waals surface area contributed by atoms with Crippen molar-refractivity contribution in [1.82, 2.24) is 10.2 Å². The fraction of sp³-hybridized carbons (Fsp3) is 0.786. The van der Waals surface area contributed by atoms with Crippen LogP contribution in [-0.2, 0) is 0 Å². The van der Waals surface area contributed by atoms with Gasteiger partial charge in [0.25, 0.3) is 0 Å². The standard InChI is InChI=1S/C14H27N3OS.HI/c1-4-6-7-9-17(3)13(15-5-2)16-11-14(18)8-10-19-12-14;/h4,18H,1,5-12H2,2-3H3,(H,15,16);1H. The zero-order valence-corrected chi connectivity index (χ0v) is 15.7. The first-order chi connectivity index (χ1) is 9.11. The van der Waals surface area contributed by atoms with Gasteiger partial charge in [-0.2, -0.15) is 11.8 Å². The van der Waals surface area contributed by atoms with E-state index >= 15 is 0 Å². The highest BCUT2D eigenvalue weighted by molar-refractivity contribution is 14.0. The van der Waals surface area contributed by atoms with Crippen LogP contribution in [-0.4, -0.2) is 59.8 Å². The fourth-order valence-electron chi connectivity index (χ4n) is 1.99. The number of aliphatic hydroxyl groups is 1. The number of aliphatic imine (C=N–C) groups is 1. The summed E-state index contributed by atoms with van der Waals surface area (Å²) in [4.78, 5) is 6.71. The lowest BCUT2D eigenvalue weighted by molar-refractivity contribution is 0.0776. The molecule has 4 nitrogen and oxygen atoms in total. The van der Waals surface area contributed by atoms with Gasteiger partial charge in [0.05, 0.1) is 12.1 Å². The van der Waals surface area contributed by atoms with Gasteiger partial charge in [0.1, 0.15) is 0 Å².